The average molecular weight is 385 g/mol. The number of piperazine rings is 1. The molecule has 1 aliphatic heterocycles. The van der Waals surface area contributed by atoms with Crippen LogP contribution in [0.25, 0.3) is 21.7 Å². The van der Waals surface area contributed by atoms with Crippen molar-refractivity contribution < 1.29 is 4.39 Å². The number of aromatic nitrogens is 5. The maximum Gasteiger partial charge on any atom is 0.285 e. The summed E-state index contributed by atoms with van der Waals surface area (Å²) in [6, 6.07) is 1.29. The number of halogens is 1. The molecule has 4 aromatic rings. The number of nitrogens with zero attached hydrogens (tertiary/aromatic N) is 6. The second-order valence-corrected chi connectivity index (χ2v) is 7.42. The van der Waals surface area contributed by atoms with E-state index in [0.29, 0.717) is 21.7 Å². The minimum Gasteiger partial charge on any atom is -0.345 e. The van der Waals surface area contributed by atoms with Gasteiger partial charge in [0.1, 0.15) is 6.33 Å². The molecule has 1 aliphatic rings. The van der Waals surface area contributed by atoms with Gasteiger partial charge in [0.15, 0.2) is 26.9 Å². The van der Waals surface area contributed by atoms with Gasteiger partial charge in [0.05, 0.1) is 11.4 Å². The summed E-state index contributed by atoms with van der Waals surface area (Å²) < 4.78 is 17.3. The molecule has 0 bridgehead atoms. The summed E-state index contributed by atoms with van der Waals surface area (Å²) in [6.07, 6.45) is 4.80. The van der Waals surface area contributed by atoms with Crippen molar-refractivity contribution in [1.82, 2.24) is 29.2 Å². The van der Waals surface area contributed by atoms with Crippen molar-refractivity contribution in [2.75, 3.05) is 31.1 Å². The molecule has 8 nitrogen and oxygen atoms in total. The number of anilines is 1. The summed E-state index contributed by atoms with van der Waals surface area (Å²) in [7, 11) is 0. The summed E-state index contributed by atoms with van der Waals surface area (Å²) in [5, 5.41) is 4.08. The molecular formula is C17H16FN7OS. The van der Waals surface area contributed by atoms with Crippen molar-refractivity contribution in [2.45, 2.75) is 6.92 Å². The van der Waals surface area contributed by atoms with E-state index in [2.05, 4.69) is 25.2 Å². The fourth-order valence-corrected chi connectivity index (χ4v) is 4.23. The Morgan fingerprint density at radius 3 is 2.85 bits per heavy atom. The van der Waals surface area contributed by atoms with Crippen molar-refractivity contribution in [3.05, 3.63) is 46.7 Å². The van der Waals surface area contributed by atoms with Crippen molar-refractivity contribution in [2.24, 2.45) is 0 Å². The monoisotopic (exact) mass is 385 g/mol. The predicted molar refractivity (Wildman–Crippen MR) is 102 cm³/mol. The zero-order valence-corrected chi connectivity index (χ0v) is 15.3. The van der Waals surface area contributed by atoms with E-state index in [9.17, 15) is 9.18 Å². The second-order valence-electron chi connectivity index (χ2n) is 6.47. The van der Waals surface area contributed by atoms with E-state index in [0.717, 1.165) is 31.3 Å². The third kappa shape index (κ3) is 2.68. The van der Waals surface area contributed by atoms with E-state index in [1.54, 1.807) is 23.7 Å². The number of fused-ring (bicyclic) bond motifs is 2. The molecule has 0 atom stereocenters. The average Bonchev–Trinajstić information content (AvgIpc) is 3.26. The van der Waals surface area contributed by atoms with E-state index in [1.807, 2.05) is 0 Å². The molecule has 0 unspecified atom stereocenters. The van der Waals surface area contributed by atoms with Gasteiger partial charge in [0.2, 0.25) is 0 Å². The Morgan fingerprint density at radius 2 is 2.04 bits per heavy atom. The maximum absolute atomic E-state index is 14.4. The lowest BCUT2D eigenvalue weighted by Crippen LogP contribution is -2.43. The van der Waals surface area contributed by atoms with Crippen LogP contribution in [0.15, 0.2) is 29.6 Å². The van der Waals surface area contributed by atoms with Gasteiger partial charge in [-0.2, -0.15) is 0 Å². The molecule has 0 amide bonds. The summed E-state index contributed by atoms with van der Waals surface area (Å²) in [6.45, 7) is 5.25. The number of nitrogens with one attached hydrogen (secondary N) is 1. The Kier molecular flexibility index (Phi) is 3.69. The van der Waals surface area contributed by atoms with Crippen molar-refractivity contribution in [3.8, 4) is 5.69 Å². The molecule has 138 valence electrons. The second kappa shape index (κ2) is 6.10. The first-order valence-electron chi connectivity index (χ1n) is 8.59. The van der Waals surface area contributed by atoms with Crippen molar-refractivity contribution >= 4 is 32.5 Å². The summed E-state index contributed by atoms with van der Waals surface area (Å²) in [5.74, 6) is -0.493. The first-order valence-corrected chi connectivity index (χ1v) is 9.41. The van der Waals surface area contributed by atoms with Crippen molar-refractivity contribution in [1.29, 1.82) is 0 Å². The Hall–Kier alpha value is -2.85. The highest BCUT2D eigenvalue weighted by Gasteiger charge is 2.18. The van der Waals surface area contributed by atoms with Gasteiger partial charge in [-0.25, -0.2) is 19.3 Å². The van der Waals surface area contributed by atoms with E-state index < -0.39 is 5.82 Å². The molecule has 27 heavy (non-hydrogen) atoms. The number of hydrogen-bond acceptors (Lipinski definition) is 7. The summed E-state index contributed by atoms with van der Waals surface area (Å²) >= 11 is 1.40. The molecule has 0 aliphatic carbocycles. The number of thiazole rings is 1. The number of rotatable bonds is 2. The maximum atomic E-state index is 14.4. The first kappa shape index (κ1) is 16.3. The van der Waals surface area contributed by atoms with Crippen LogP contribution >= 0.6 is 11.3 Å². The van der Waals surface area contributed by atoms with Crippen LogP contribution in [0.4, 0.5) is 9.52 Å². The minimum absolute atomic E-state index is 0.230. The molecule has 0 aromatic carbocycles. The highest BCUT2D eigenvalue weighted by molar-refractivity contribution is 7.21. The normalized spacial score (nSPS) is 15.1. The Labute approximate surface area is 156 Å². The van der Waals surface area contributed by atoms with Crippen LogP contribution in [-0.4, -0.2) is 50.1 Å². The standard InChI is InChI=1S/C17H16FN7OS/c1-10-7-24-8-11(6-12(18)14(24)21-10)25-9-20-15-13(16(25)26)22-17(27-15)23-4-2-19-3-5-23/h6-9,19H,2-5H2,1H3. The third-order valence-electron chi connectivity index (χ3n) is 4.59. The zero-order chi connectivity index (χ0) is 18.5. The molecule has 0 radical (unpaired) electrons. The van der Waals surface area contributed by atoms with E-state index in [4.69, 9.17) is 0 Å². The van der Waals surface area contributed by atoms with Gasteiger partial charge in [-0.1, -0.05) is 11.3 Å². The Morgan fingerprint density at radius 1 is 1.22 bits per heavy atom. The van der Waals surface area contributed by atoms with Crippen LogP contribution in [0.5, 0.6) is 0 Å². The van der Waals surface area contributed by atoms with E-state index in [1.165, 1.54) is 28.3 Å². The van der Waals surface area contributed by atoms with Gasteiger partial charge in [-0.15, -0.1) is 0 Å². The van der Waals surface area contributed by atoms with Gasteiger partial charge in [-0.3, -0.25) is 9.36 Å². The van der Waals surface area contributed by atoms with Crippen molar-refractivity contribution in [3.63, 3.8) is 0 Å². The van der Waals surface area contributed by atoms with Gasteiger partial charge in [0, 0.05) is 44.6 Å². The molecule has 0 spiro atoms. The molecule has 5 rings (SSSR count). The molecule has 5 heterocycles. The first-order chi connectivity index (χ1) is 13.1. The van der Waals surface area contributed by atoms with Gasteiger partial charge in [-0.05, 0) is 6.92 Å². The quantitative estimate of drug-likeness (QED) is 0.561. The predicted octanol–water partition coefficient (Wildman–Crippen LogP) is 1.35. The summed E-state index contributed by atoms with van der Waals surface area (Å²) in [5.41, 5.74) is 1.31. The van der Waals surface area contributed by atoms with Crippen LogP contribution in [0, 0.1) is 12.7 Å². The smallest absolute Gasteiger partial charge is 0.285 e. The van der Waals surface area contributed by atoms with Crippen LogP contribution in [0.1, 0.15) is 5.69 Å². The lowest BCUT2D eigenvalue weighted by molar-refractivity contribution is 0.588. The SMILES string of the molecule is Cc1cn2cc(-n3cnc4sc(N5CCNCC5)nc4c3=O)cc(F)c2n1. The molecular weight excluding hydrogens is 369 g/mol. The van der Waals surface area contributed by atoms with E-state index >= 15 is 0 Å². The van der Waals surface area contributed by atoms with Crippen LogP contribution in [-0.2, 0) is 0 Å². The number of imidazole rings is 1. The van der Waals surface area contributed by atoms with Gasteiger partial charge < -0.3 is 14.6 Å². The fraction of sp³-hybridized carbons (Fsp3) is 0.294. The minimum atomic E-state index is -0.493. The number of hydrogen-bond donors (Lipinski definition) is 1. The molecule has 0 saturated carbocycles. The Balaban J connectivity index is 1.63. The molecule has 1 N–H and O–H groups in total. The van der Waals surface area contributed by atoms with Crippen LogP contribution in [0.3, 0.4) is 0 Å². The number of aryl methyl sites for hydroxylation is 1. The van der Waals surface area contributed by atoms with Crippen LogP contribution in [0.2, 0.25) is 0 Å². The summed E-state index contributed by atoms with van der Waals surface area (Å²) in [4.78, 5) is 28.7. The lowest BCUT2D eigenvalue weighted by Gasteiger charge is -2.26. The highest BCUT2D eigenvalue weighted by atomic mass is 32.1. The molecule has 1 saturated heterocycles. The largest absolute Gasteiger partial charge is 0.345 e. The highest BCUT2D eigenvalue weighted by Crippen LogP contribution is 2.26. The fourth-order valence-electron chi connectivity index (χ4n) is 3.28. The Bertz CT molecular complexity index is 1220. The number of pyridine rings is 1. The zero-order valence-electron chi connectivity index (χ0n) is 14.5. The molecule has 4 aromatic heterocycles. The van der Waals surface area contributed by atoms with Crippen LogP contribution < -0.4 is 15.8 Å². The van der Waals surface area contributed by atoms with Gasteiger partial charge in [0.25, 0.3) is 5.56 Å². The van der Waals surface area contributed by atoms with E-state index in [-0.39, 0.29) is 11.2 Å². The lowest BCUT2D eigenvalue weighted by atomic mass is 10.3. The topological polar surface area (TPSA) is 80.4 Å². The third-order valence-corrected chi connectivity index (χ3v) is 5.61. The molecule has 10 heteroatoms. The van der Waals surface area contributed by atoms with Gasteiger partial charge >= 0.3 is 0 Å². The molecule has 1 fully saturated rings.